The van der Waals surface area contributed by atoms with Crippen LogP contribution in [-0.4, -0.2) is 44.9 Å². The smallest absolute Gasteiger partial charge is 0.233 e. The molecule has 8 nitrogen and oxygen atoms in total. The summed E-state index contributed by atoms with van der Waals surface area (Å²) < 4.78 is 25.4. The standard InChI is InChI=1S/C26H31FN4O4/c1-4-28-26(25-17(2)13-21(14-22(25)27)35-12-11-34-3)31-20-9-7-19(8-10-20)30-24(33)15-23(32)29-16-18-5-6-18/h4,7-10,13-14,18,31H,2,5-6,11-12,15-16H2,1,3H3,(H,29,32)(H,30,33)/b26-25-,28-4-. The molecule has 0 unspecified atom stereocenters. The molecule has 0 heterocycles. The van der Waals surface area contributed by atoms with E-state index in [-0.39, 0.29) is 23.4 Å². The number of amides is 2. The number of carbonyl (C=O) groups excluding carboxylic acids is 2. The number of carbonyl (C=O) groups is 2. The number of hydrogen-bond donors (Lipinski definition) is 3. The van der Waals surface area contributed by atoms with E-state index in [0.29, 0.717) is 48.0 Å². The fourth-order valence-corrected chi connectivity index (χ4v) is 3.28. The number of methoxy groups -OCH3 is 1. The summed E-state index contributed by atoms with van der Waals surface area (Å²) in [4.78, 5) is 28.2. The Hall–Kier alpha value is -3.72. The Kier molecular flexibility index (Phi) is 9.37. The summed E-state index contributed by atoms with van der Waals surface area (Å²) in [5.74, 6) is -0.0104. The van der Waals surface area contributed by atoms with Crippen molar-refractivity contribution in [3.63, 3.8) is 0 Å². The highest BCUT2D eigenvalue weighted by Gasteiger charge is 2.22. The van der Waals surface area contributed by atoms with Gasteiger partial charge in [0.25, 0.3) is 0 Å². The fourth-order valence-electron chi connectivity index (χ4n) is 3.28. The van der Waals surface area contributed by atoms with Crippen LogP contribution in [-0.2, 0) is 14.3 Å². The van der Waals surface area contributed by atoms with Gasteiger partial charge >= 0.3 is 0 Å². The van der Waals surface area contributed by atoms with Crippen molar-refractivity contribution in [2.24, 2.45) is 10.9 Å². The lowest BCUT2D eigenvalue weighted by atomic mass is 10.2. The first-order valence-electron chi connectivity index (χ1n) is 11.5. The molecule has 1 aliphatic carbocycles. The number of rotatable bonds is 12. The van der Waals surface area contributed by atoms with Crippen LogP contribution in [0.25, 0.3) is 12.4 Å². The van der Waals surface area contributed by atoms with Crippen molar-refractivity contribution in [2.75, 3.05) is 37.5 Å². The van der Waals surface area contributed by atoms with Crippen molar-refractivity contribution in [3.8, 4) is 5.75 Å². The molecular weight excluding hydrogens is 451 g/mol. The molecule has 0 radical (unpaired) electrons. The van der Waals surface area contributed by atoms with E-state index >= 15 is 0 Å². The van der Waals surface area contributed by atoms with Gasteiger partial charge in [0.05, 0.1) is 11.8 Å². The topological polar surface area (TPSA) is 101 Å². The molecule has 9 heteroatoms. The molecule has 0 atom stereocenters. The summed E-state index contributed by atoms with van der Waals surface area (Å²) in [6.45, 7) is 6.99. The van der Waals surface area contributed by atoms with Gasteiger partial charge in [-0.05, 0) is 61.2 Å². The van der Waals surface area contributed by atoms with E-state index in [9.17, 15) is 14.0 Å². The van der Waals surface area contributed by atoms with Gasteiger partial charge in [0.2, 0.25) is 11.8 Å². The van der Waals surface area contributed by atoms with Crippen molar-refractivity contribution in [2.45, 2.75) is 26.2 Å². The molecule has 1 fully saturated rings. The predicted octanol–water partition coefficient (Wildman–Crippen LogP) is 2.38. The van der Waals surface area contributed by atoms with Gasteiger partial charge in [-0.15, -0.1) is 0 Å². The first-order valence-corrected chi connectivity index (χ1v) is 11.5. The summed E-state index contributed by atoms with van der Waals surface area (Å²) in [5, 5.41) is 9.20. The van der Waals surface area contributed by atoms with Crippen LogP contribution < -0.4 is 31.1 Å². The zero-order valence-electron chi connectivity index (χ0n) is 20.0. The van der Waals surface area contributed by atoms with Gasteiger partial charge < -0.3 is 25.4 Å². The van der Waals surface area contributed by atoms with Crippen LogP contribution in [0.15, 0.2) is 41.4 Å². The normalized spacial score (nSPS) is 13.9. The van der Waals surface area contributed by atoms with Gasteiger partial charge in [0, 0.05) is 37.3 Å². The largest absolute Gasteiger partial charge is 0.491 e. The number of hydrogen-bond acceptors (Lipinski definition) is 6. The van der Waals surface area contributed by atoms with E-state index in [2.05, 4.69) is 27.5 Å². The monoisotopic (exact) mass is 482 g/mol. The maximum atomic E-state index is 14.9. The van der Waals surface area contributed by atoms with Crippen LogP contribution >= 0.6 is 0 Å². The number of aliphatic imine (C=N–C) groups is 1. The number of nitrogens with one attached hydrogen (secondary N) is 3. The minimum atomic E-state index is -0.526. The Morgan fingerprint density at radius 1 is 1.11 bits per heavy atom. The first kappa shape index (κ1) is 25.9. The maximum Gasteiger partial charge on any atom is 0.233 e. The molecule has 1 saturated carbocycles. The Labute approximate surface area is 203 Å². The number of ether oxygens (including phenoxy) is 2. The van der Waals surface area contributed by atoms with Gasteiger partial charge in [0.15, 0.2) is 0 Å². The fraction of sp³-hybridized carbons (Fsp3) is 0.346. The third kappa shape index (κ3) is 8.22. The van der Waals surface area contributed by atoms with Crippen LogP contribution in [0.4, 0.5) is 15.8 Å². The lowest BCUT2D eigenvalue weighted by Gasteiger charge is -2.11. The second kappa shape index (κ2) is 12.7. The highest BCUT2D eigenvalue weighted by Crippen LogP contribution is 2.27. The van der Waals surface area contributed by atoms with E-state index in [1.54, 1.807) is 50.6 Å². The molecule has 0 saturated heterocycles. The number of nitrogens with zero attached hydrogens (tertiary/aromatic N) is 1. The first-order chi connectivity index (χ1) is 16.9. The van der Waals surface area contributed by atoms with Crippen LogP contribution in [0, 0.1) is 11.7 Å². The zero-order valence-corrected chi connectivity index (χ0v) is 20.0. The van der Waals surface area contributed by atoms with Gasteiger partial charge in [0.1, 0.15) is 30.4 Å². The maximum absolute atomic E-state index is 14.9. The lowest BCUT2D eigenvalue weighted by Crippen LogP contribution is -2.31. The van der Waals surface area contributed by atoms with E-state index in [1.807, 2.05) is 0 Å². The lowest BCUT2D eigenvalue weighted by molar-refractivity contribution is -0.126. The average Bonchev–Trinajstić information content (AvgIpc) is 3.63. The van der Waals surface area contributed by atoms with Gasteiger partial charge in [-0.25, -0.2) is 9.38 Å². The van der Waals surface area contributed by atoms with Crippen LogP contribution in [0.3, 0.4) is 0 Å². The SMILES string of the molecule is C=c1cc(OCCOC)cc(F)/c1=C(/N=C\C)Nc1ccc(NC(=O)CC(=O)NCC2CC2)cc1. The van der Waals surface area contributed by atoms with Crippen molar-refractivity contribution in [3.05, 3.63) is 52.7 Å². The number of halogens is 1. The molecule has 0 bridgehead atoms. The minimum Gasteiger partial charge on any atom is -0.491 e. The molecule has 3 rings (SSSR count). The summed E-state index contributed by atoms with van der Waals surface area (Å²) >= 11 is 0. The van der Waals surface area contributed by atoms with E-state index in [1.165, 1.54) is 6.07 Å². The second-order valence-electron chi connectivity index (χ2n) is 8.19. The third-order valence-electron chi connectivity index (χ3n) is 5.23. The number of benzene rings is 2. The van der Waals surface area contributed by atoms with E-state index < -0.39 is 11.7 Å². The van der Waals surface area contributed by atoms with Crippen LogP contribution in [0.2, 0.25) is 0 Å². The Balaban J connectivity index is 1.68. The van der Waals surface area contributed by atoms with Gasteiger partial charge in [-0.2, -0.15) is 0 Å². The van der Waals surface area contributed by atoms with Crippen molar-refractivity contribution < 1.29 is 23.5 Å². The van der Waals surface area contributed by atoms with Crippen molar-refractivity contribution in [1.82, 2.24) is 5.32 Å². The molecule has 35 heavy (non-hydrogen) atoms. The summed E-state index contributed by atoms with van der Waals surface area (Å²) in [6, 6.07) is 9.73. The van der Waals surface area contributed by atoms with Crippen LogP contribution in [0.1, 0.15) is 26.2 Å². The van der Waals surface area contributed by atoms with Crippen molar-refractivity contribution in [1.29, 1.82) is 0 Å². The molecule has 186 valence electrons. The summed E-state index contributed by atoms with van der Waals surface area (Å²) in [6.07, 6.45) is 3.58. The van der Waals surface area contributed by atoms with Gasteiger partial charge in [-0.3, -0.25) is 9.59 Å². The molecule has 0 spiro atoms. The van der Waals surface area contributed by atoms with Crippen LogP contribution in [0.5, 0.6) is 5.75 Å². The number of anilines is 2. The highest BCUT2D eigenvalue weighted by molar-refractivity contribution is 6.03. The molecule has 0 aliphatic heterocycles. The van der Waals surface area contributed by atoms with E-state index in [0.717, 1.165) is 12.8 Å². The molecule has 3 N–H and O–H groups in total. The Morgan fingerprint density at radius 3 is 2.40 bits per heavy atom. The Morgan fingerprint density at radius 2 is 1.80 bits per heavy atom. The Bertz CT molecular complexity index is 1180. The second-order valence-corrected chi connectivity index (χ2v) is 8.19. The zero-order chi connectivity index (χ0) is 25.2. The third-order valence-corrected chi connectivity index (χ3v) is 5.23. The molecule has 1 aliphatic rings. The molecule has 0 aromatic heterocycles. The summed E-state index contributed by atoms with van der Waals surface area (Å²) in [5.41, 5.74) is 1.17. The van der Waals surface area contributed by atoms with Crippen molar-refractivity contribution >= 4 is 41.8 Å². The molecular formula is C26H31FN4O4. The molecule has 2 amide bonds. The van der Waals surface area contributed by atoms with Gasteiger partial charge in [-0.1, -0.05) is 6.58 Å². The quantitative estimate of drug-likeness (QED) is 0.245. The molecule has 2 aromatic rings. The predicted molar refractivity (Wildman–Crippen MR) is 135 cm³/mol. The average molecular weight is 483 g/mol. The summed E-state index contributed by atoms with van der Waals surface area (Å²) in [7, 11) is 1.56. The highest BCUT2D eigenvalue weighted by atomic mass is 19.1. The minimum absolute atomic E-state index is 0.219. The van der Waals surface area contributed by atoms with E-state index in [4.69, 9.17) is 9.47 Å². The molecule has 2 aromatic carbocycles.